The normalized spacial score (nSPS) is 13.1. The third kappa shape index (κ3) is 6.50. The minimum Gasteiger partial charge on any atom is -0.497 e. The highest BCUT2D eigenvalue weighted by atomic mass is 35.5. The number of hydrogen-bond acceptors (Lipinski definition) is 5. The molecular formula is C25H27ClN2O5S. The summed E-state index contributed by atoms with van der Waals surface area (Å²) < 4.78 is 39.4. The van der Waals surface area contributed by atoms with Gasteiger partial charge >= 0.3 is 0 Å². The predicted octanol–water partition coefficient (Wildman–Crippen LogP) is 4.12. The summed E-state index contributed by atoms with van der Waals surface area (Å²) in [5.41, 5.74) is 1.66. The molecule has 0 spiro atoms. The minimum atomic E-state index is -4.14. The summed E-state index contributed by atoms with van der Waals surface area (Å²) in [4.78, 5) is 13.1. The Kier molecular flexibility index (Phi) is 8.55. The summed E-state index contributed by atoms with van der Waals surface area (Å²) in [6, 6.07) is 19.3. The van der Waals surface area contributed by atoms with Gasteiger partial charge in [-0.1, -0.05) is 54.1 Å². The molecule has 7 nitrogen and oxygen atoms in total. The lowest BCUT2D eigenvalue weighted by molar-refractivity contribution is -0.123. The van der Waals surface area contributed by atoms with E-state index in [1.54, 1.807) is 19.2 Å². The van der Waals surface area contributed by atoms with Gasteiger partial charge in [0, 0.05) is 5.02 Å². The summed E-state index contributed by atoms with van der Waals surface area (Å²) in [7, 11) is -1.19. The highest BCUT2D eigenvalue weighted by molar-refractivity contribution is 7.89. The maximum absolute atomic E-state index is 13.3. The zero-order valence-corrected chi connectivity index (χ0v) is 20.7. The summed E-state index contributed by atoms with van der Waals surface area (Å²) in [5, 5.41) is 3.14. The molecule has 3 aromatic rings. The van der Waals surface area contributed by atoms with E-state index < -0.39 is 22.0 Å². The molecule has 34 heavy (non-hydrogen) atoms. The van der Waals surface area contributed by atoms with Crippen LogP contribution in [0.15, 0.2) is 77.7 Å². The van der Waals surface area contributed by atoms with E-state index in [0.717, 1.165) is 11.1 Å². The van der Waals surface area contributed by atoms with E-state index >= 15 is 0 Å². The molecule has 0 saturated heterocycles. The first-order valence-electron chi connectivity index (χ1n) is 10.6. The van der Waals surface area contributed by atoms with Gasteiger partial charge in [-0.05, 0) is 54.8 Å². The van der Waals surface area contributed by atoms with Crippen molar-refractivity contribution in [3.05, 3.63) is 88.9 Å². The molecule has 2 atom stereocenters. The summed E-state index contributed by atoms with van der Waals surface area (Å²) in [6.45, 7) is 1.83. The van der Waals surface area contributed by atoms with E-state index in [9.17, 15) is 13.2 Å². The van der Waals surface area contributed by atoms with Gasteiger partial charge in [0.05, 0.1) is 20.3 Å². The van der Waals surface area contributed by atoms with E-state index in [1.165, 1.54) is 25.3 Å². The quantitative estimate of drug-likeness (QED) is 0.435. The van der Waals surface area contributed by atoms with Gasteiger partial charge in [0.1, 0.15) is 22.4 Å². The first-order chi connectivity index (χ1) is 16.2. The van der Waals surface area contributed by atoms with E-state index in [4.69, 9.17) is 21.1 Å². The van der Waals surface area contributed by atoms with Gasteiger partial charge in [-0.25, -0.2) is 8.42 Å². The van der Waals surface area contributed by atoms with E-state index in [1.807, 2.05) is 49.4 Å². The second-order valence-corrected chi connectivity index (χ2v) is 9.78. The second-order valence-electron chi connectivity index (χ2n) is 7.66. The number of halogens is 1. The molecule has 180 valence electrons. The van der Waals surface area contributed by atoms with E-state index in [0.29, 0.717) is 5.75 Å². The fourth-order valence-corrected chi connectivity index (χ4v) is 5.07. The van der Waals surface area contributed by atoms with Gasteiger partial charge in [0.15, 0.2) is 0 Å². The van der Waals surface area contributed by atoms with Crippen LogP contribution in [0.25, 0.3) is 0 Å². The highest BCUT2D eigenvalue weighted by Gasteiger charge is 2.29. The zero-order chi connectivity index (χ0) is 24.7. The number of methoxy groups -OCH3 is 2. The molecule has 0 fully saturated rings. The molecule has 2 N–H and O–H groups in total. The molecule has 0 aliphatic carbocycles. The first-order valence-corrected chi connectivity index (χ1v) is 12.4. The van der Waals surface area contributed by atoms with E-state index in [2.05, 4.69) is 10.0 Å². The smallest absolute Gasteiger partial charge is 0.245 e. The SMILES string of the molecule is COc1ccc([C@@H](C)NC(=O)[C@@H](Cc2ccccc2)NS(=O)(=O)c2cc(Cl)ccc2OC)cc1. The largest absolute Gasteiger partial charge is 0.497 e. The highest BCUT2D eigenvalue weighted by Crippen LogP contribution is 2.27. The molecule has 0 heterocycles. The topological polar surface area (TPSA) is 93.7 Å². The summed E-state index contributed by atoms with van der Waals surface area (Å²) >= 11 is 6.03. The number of carbonyl (C=O) groups excluding carboxylic acids is 1. The molecule has 0 unspecified atom stereocenters. The molecule has 9 heteroatoms. The second kappa shape index (κ2) is 11.4. The van der Waals surface area contributed by atoms with Crippen LogP contribution in [0.4, 0.5) is 0 Å². The monoisotopic (exact) mass is 502 g/mol. The Morgan fingerprint density at radius 2 is 1.65 bits per heavy atom. The molecule has 0 radical (unpaired) electrons. The Morgan fingerprint density at radius 3 is 2.26 bits per heavy atom. The van der Waals surface area contributed by atoms with Crippen LogP contribution in [0, 0.1) is 0 Å². The Bertz CT molecular complexity index is 1220. The van der Waals surface area contributed by atoms with Crippen LogP contribution in [0.3, 0.4) is 0 Å². The number of hydrogen-bond donors (Lipinski definition) is 2. The molecule has 0 saturated carbocycles. The minimum absolute atomic E-state index is 0.127. The van der Waals surface area contributed by atoms with Crippen molar-refractivity contribution in [3.63, 3.8) is 0 Å². The van der Waals surface area contributed by atoms with Crippen LogP contribution < -0.4 is 19.5 Å². The van der Waals surface area contributed by atoms with Gasteiger partial charge in [0.25, 0.3) is 0 Å². The number of benzene rings is 3. The molecule has 1 amide bonds. The van der Waals surface area contributed by atoms with Gasteiger partial charge in [-0.2, -0.15) is 4.72 Å². The van der Waals surface area contributed by atoms with Crippen molar-refractivity contribution >= 4 is 27.5 Å². The molecule has 0 aromatic heterocycles. The van der Waals surface area contributed by atoms with Crippen LogP contribution in [-0.2, 0) is 21.2 Å². The number of nitrogens with one attached hydrogen (secondary N) is 2. The van der Waals surface area contributed by atoms with Crippen LogP contribution in [0.5, 0.6) is 11.5 Å². The lowest BCUT2D eigenvalue weighted by Crippen LogP contribution is -2.48. The number of sulfonamides is 1. The van der Waals surface area contributed by atoms with Crippen molar-refractivity contribution in [1.82, 2.24) is 10.0 Å². The fourth-order valence-electron chi connectivity index (χ4n) is 3.44. The maximum Gasteiger partial charge on any atom is 0.245 e. The number of carbonyl (C=O) groups is 1. The lowest BCUT2D eigenvalue weighted by atomic mass is 10.0. The van der Waals surface area contributed by atoms with Gasteiger partial charge < -0.3 is 14.8 Å². The summed E-state index contributed by atoms with van der Waals surface area (Å²) in [6.07, 6.45) is 0.157. The third-order valence-electron chi connectivity index (χ3n) is 5.29. The van der Waals surface area contributed by atoms with Crippen molar-refractivity contribution in [2.24, 2.45) is 0 Å². The average Bonchev–Trinajstić information content (AvgIpc) is 2.84. The Hall–Kier alpha value is -3.07. The zero-order valence-electron chi connectivity index (χ0n) is 19.1. The van der Waals surface area contributed by atoms with Gasteiger partial charge in [0.2, 0.25) is 15.9 Å². The number of amides is 1. The molecule has 0 aliphatic rings. The van der Waals surface area contributed by atoms with Crippen molar-refractivity contribution in [2.45, 2.75) is 30.3 Å². The lowest BCUT2D eigenvalue weighted by Gasteiger charge is -2.22. The van der Waals surface area contributed by atoms with Crippen LogP contribution in [-0.4, -0.2) is 34.6 Å². The Labute approximate surface area is 205 Å². The van der Waals surface area contributed by atoms with Crippen molar-refractivity contribution in [1.29, 1.82) is 0 Å². The fraction of sp³-hybridized carbons (Fsp3) is 0.240. The van der Waals surface area contributed by atoms with Crippen LogP contribution in [0.2, 0.25) is 5.02 Å². The van der Waals surface area contributed by atoms with Crippen molar-refractivity contribution in [2.75, 3.05) is 14.2 Å². The Balaban J connectivity index is 1.87. The third-order valence-corrected chi connectivity index (χ3v) is 7.01. The Morgan fingerprint density at radius 1 is 0.971 bits per heavy atom. The molecule has 0 aliphatic heterocycles. The van der Waals surface area contributed by atoms with Crippen LogP contribution >= 0.6 is 11.6 Å². The van der Waals surface area contributed by atoms with Gasteiger partial charge in [-0.3, -0.25) is 4.79 Å². The molecule has 3 aromatic carbocycles. The number of rotatable bonds is 10. The molecular weight excluding hydrogens is 476 g/mol. The maximum atomic E-state index is 13.3. The average molecular weight is 503 g/mol. The standard InChI is InChI=1S/C25H27ClN2O5S/c1-17(19-9-12-21(32-2)13-10-19)27-25(29)22(15-18-7-5-4-6-8-18)28-34(30,31)24-16-20(26)11-14-23(24)33-3/h4-14,16-17,22,28H,15H2,1-3H3,(H,27,29)/t17-,22-/m1/s1. The first kappa shape index (κ1) is 25.6. The van der Waals surface area contributed by atoms with Crippen molar-refractivity contribution in [3.8, 4) is 11.5 Å². The van der Waals surface area contributed by atoms with Crippen LogP contribution in [0.1, 0.15) is 24.1 Å². The van der Waals surface area contributed by atoms with E-state index in [-0.39, 0.29) is 28.1 Å². The summed E-state index contributed by atoms with van der Waals surface area (Å²) in [5.74, 6) is 0.367. The predicted molar refractivity (Wildman–Crippen MR) is 132 cm³/mol. The van der Waals surface area contributed by atoms with Crippen molar-refractivity contribution < 1.29 is 22.7 Å². The van der Waals surface area contributed by atoms with Gasteiger partial charge in [-0.15, -0.1) is 0 Å². The molecule has 0 bridgehead atoms. The number of ether oxygens (including phenoxy) is 2. The molecule has 3 rings (SSSR count).